The SMILES string of the molecule is COCCNc1ccc(C(=O)O[C@H]2CCOC2=O)cc1[N+](=O)[O-]. The third-order valence-electron chi connectivity index (χ3n) is 3.19. The van der Waals surface area contributed by atoms with Crippen molar-refractivity contribution in [2.75, 3.05) is 32.2 Å². The second-order valence-electron chi connectivity index (χ2n) is 4.76. The van der Waals surface area contributed by atoms with Gasteiger partial charge >= 0.3 is 11.9 Å². The molecule has 0 amide bonds. The number of nitrogens with zero attached hydrogens (tertiary/aromatic N) is 1. The van der Waals surface area contributed by atoms with Crippen LogP contribution in [0.3, 0.4) is 0 Å². The molecule has 0 aromatic heterocycles. The standard InChI is InChI=1S/C14H16N2O7/c1-21-7-5-15-10-3-2-9(8-11(10)16(19)20)13(17)23-12-4-6-22-14(12)18/h2-3,8,12,15H,4-7H2,1H3/t12-/m0/s1. The Morgan fingerprint density at radius 1 is 1.52 bits per heavy atom. The molecule has 124 valence electrons. The van der Waals surface area contributed by atoms with Crippen molar-refractivity contribution in [3.8, 4) is 0 Å². The number of methoxy groups -OCH3 is 1. The minimum Gasteiger partial charge on any atom is -0.463 e. The largest absolute Gasteiger partial charge is 0.463 e. The maximum atomic E-state index is 12.0. The first kappa shape index (κ1) is 16.7. The number of esters is 2. The normalized spacial score (nSPS) is 16.7. The van der Waals surface area contributed by atoms with Gasteiger partial charge in [0.25, 0.3) is 5.69 Å². The fourth-order valence-corrected chi connectivity index (χ4v) is 2.03. The minimum absolute atomic E-state index is 0.00584. The van der Waals surface area contributed by atoms with Crippen LogP contribution in [0.1, 0.15) is 16.8 Å². The van der Waals surface area contributed by atoms with Gasteiger partial charge in [-0.25, -0.2) is 9.59 Å². The van der Waals surface area contributed by atoms with Gasteiger partial charge in [-0.2, -0.15) is 0 Å². The number of nitrogens with one attached hydrogen (secondary N) is 1. The van der Waals surface area contributed by atoms with Crippen LogP contribution in [-0.2, 0) is 19.0 Å². The molecule has 1 aliphatic heterocycles. The molecule has 9 heteroatoms. The van der Waals surface area contributed by atoms with Gasteiger partial charge in [0, 0.05) is 26.1 Å². The van der Waals surface area contributed by atoms with Crippen molar-refractivity contribution in [1.29, 1.82) is 0 Å². The second kappa shape index (κ2) is 7.54. The molecule has 0 saturated carbocycles. The molecule has 9 nitrogen and oxygen atoms in total. The van der Waals surface area contributed by atoms with Gasteiger partial charge in [-0.3, -0.25) is 10.1 Å². The van der Waals surface area contributed by atoms with Crippen LogP contribution in [0.5, 0.6) is 0 Å². The first-order valence-electron chi connectivity index (χ1n) is 6.92. The van der Waals surface area contributed by atoms with E-state index in [-0.39, 0.29) is 30.0 Å². The number of hydrogen-bond donors (Lipinski definition) is 1. The summed E-state index contributed by atoms with van der Waals surface area (Å²) in [6, 6.07) is 3.92. The van der Waals surface area contributed by atoms with Crippen molar-refractivity contribution in [2.45, 2.75) is 12.5 Å². The van der Waals surface area contributed by atoms with Crippen LogP contribution in [0.2, 0.25) is 0 Å². The van der Waals surface area contributed by atoms with E-state index >= 15 is 0 Å². The summed E-state index contributed by atoms with van der Waals surface area (Å²) in [6.07, 6.45) is -0.676. The Morgan fingerprint density at radius 2 is 2.30 bits per heavy atom. The third kappa shape index (κ3) is 4.16. The molecule has 1 atom stereocenters. The minimum atomic E-state index is -0.957. The second-order valence-corrected chi connectivity index (χ2v) is 4.76. The van der Waals surface area contributed by atoms with E-state index in [1.807, 2.05) is 0 Å². The summed E-state index contributed by atoms with van der Waals surface area (Å²) in [7, 11) is 1.52. The zero-order valence-electron chi connectivity index (χ0n) is 12.4. The highest BCUT2D eigenvalue weighted by molar-refractivity contribution is 5.93. The lowest BCUT2D eigenvalue weighted by atomic mass is 10.1. The van der Waals surface area contributed by atoms with Gasteiger partial charge < -0.3 is 19.5 Å². The predicted octanol–water partition coefficient (Wildman–Crippen LogP) is 1.13. The summed E-state index contributed by atoms with van der Waals surface area (Å²) in [4.78, 5) is 33.8. The Hall–Kier alpha value is -2.68. The topological polar surface area (TPSA) is 117 Å². The Bertz CT molecular complexity index is 617. The Kier molecular flexibility index (Phi) is 5.47. The van der Waals surface area contributed by atoms with Crippen LogP contribution in [0.4, 0.5) is 11.4 Å². The van der Waals surface area contributed by atoms with Crippen molar-refractivity contribution in [3.63, 3.8) is 0 Å². The zero-order chi connectivity index (χ0) is 16.8. The van der Waals surface area contributed by atoms with E-state index in [9.17, 15) is 19.7 Å². The van der Waals surface area contributed by atoms with Crippen LogP contribution >= 0.6 is 0 Å². The monoisotopic (exact) mass is 324 g/mol. The lowest BCUT2D eigenvalue weighted by Gasteiger charge is -2.10. The van der Waals surface area contributed by atoms with Crippen LogP contribution in [-0.4, -0.2) is 49.8 Å². The van der Waals surface area contributed by atoms with Gasteiger partial charge in [0.2, 0.25) is 6.10 Å². The number of carbonyl (C=O) groups is 2. The maximum Gasteiger partial charge on any atom is 0.347 e. The van der Waals surface area contributed by atoms with E-state index in [2.05, 4.69) is 5.32 Å². The molecule has 1 fully saturated rings. The van der Waals surface area contributed by atoms with E-state index in [0.29, 0.717) is 13.2 Å². The lowest BCUT2D eigenvalue weighted by Crippen LogP contribution is -2.22. The molecule has 0 bridgehead atoms. The quantitative estimate of drug-likeness (QED) is 0.343. The first-order valence-corrected chi connectivity index (χ1v) is 6.92. The van der Waals surface area contributed by atoms with Crippen LogP contribution < -0.4 is 5.32 Å². The van der Waals surface area contributed by atoms with Gasteiger partial charge in [-0.1, -0.05) is 0 Å². The highest BCUT2D eigenvalue weighted by Gasteiger charge is 2.31. The zero-order valence-corrected chi connectivity index (χ0v) is 12.4. The van der Waals surface area contributed by atoms with Crippen molar-refractivity contribution in [3.05, 3.63) is 33.9 Å². The summed E-state index contributed by atoms with van der Waals surface area (Å²) in [6.45, 7) is 0.957. The van der Waals surface area contributed by atoms with E-state index in [0.717, 1.165) is 6.07 Å². The van der Waals surface area contributed by atoms with Crippen LogP contribution in [0, 0.1) is 10.1 Å². The predicted molar refractivity (Wildman–Crippen MR) is 78.2 cm³/mol. The van der Waals surface area contributed by atoms with Gasteiger partial charge in [-0.15, -0.1) is 0 Å². The number of nitro groups is 1. The molecule has 1 N–H and O–H groups in total. The molecular formula is C14H16N2O7. The molecular weight excluding hydrogens is 308 g/mol. The Morgan fingerprint density at radius 3 is 2.91 bits per heavy atom. The first-order chi connectivity index (χ1) is 11.0. The summed E-state index contributed by atoms with van der Waals surface area (Å²) < 4.78 is 14.6. The van der Waals surface area contributed by atoms with Gasteiger partial charge in [0.15, 0.2) is 0 Å². The molecule has 1 aromatic carbocycles. The number of anilines is 1. The summed E-state index contributed by atoms with van der Waals surface area (Å²) >= 11 is 0. The molecule has 0 spiro atoms. The molecule has 0 radical (unpaired) electrons. The summed E-state index contributed by atoms with van der Waals surface area (Å²) in [5, 5.41) is 14.0. The Balaban J connectivity index is 2.12. The number of ether oxygens (including phenoxy) is 3. The lowest BCUT2D eigenvalue weighted by molar-refractivity contribution is -0.384. The van der Waals surface area contributed by atoms with Gasteiger partial charge in [0.1, 0.15) is 5.69 Å². The molecule has 1 aromatic rings. The molecule has 0 aliphatic carbocycles. The number of rotatable bonds is 7. The van der Waals surface area contributed by atoms with Crippen molar-refractivity contribution < 1.29 is 28.7 Å². The van der Waals surface area contributed by atoms with E-state index < -0.39 is 23.0 Å². The van der Waals surface area contributed by atoms with Gasteiger partial charge in [-0.05, 0) is 12.1 Å². The molecule has 1 aliphatic rings. The highest BCUT2D eigenvalue weighted by atomic mass is 16.6. The summed E-state index contributed by atoms with van der Waals surface area (Å²) in [5.74, 6) is -1.41. The van der Waals surface area contributed by atoms with E-state index in [1.54, 1.807) is 0 Å². The van der Waals surface area contributed by atoms with E-state index in [4.69, 9.17) is 14.2 Å². The van der Waals surface area contributed by atoms with Crippen molar-refractivity contribution in [2.24, 2.45) is 0 Å². The number of carbonyl (C=O) groups excluding carboxylic acids is 2. The van der Waals surface area contributed by atoms with E-state index in [1.165, 1.54) is 19.2 Å². The fourth-order valence-electron chi connectivity index (χ4n) is 2.03. The molecule has 2 rings (SSSR count). The maximum absolute atomic E-state index is 12.0. The van der Waals surface area contributed by atoms with Crippen molar-refractivity contribution >= 4 is 23.3 Å². The number of nitro benzene ring substituents is 1. The molecule has 1 saturated heterocycles. The number of hydrogen-bond acceptors (Lipinski definition) is 8. The average molecular weight is 324 g/mol. The average Bonchev–Trinajstić information content (AvgIpc) is 2.92. The molecule has 1 heterocycles. The number of cyclic esters (lactones) is 1. The fraction of sp³-hybridized carbons (Fsp3) is 0.429. The van der Waals surface area contributed by atoms with Crippen LogP contribution in [0.15, 0.2) is 18.2 Å². The Labute approximate surface area is 131 Å². The highest BCUT2D eigenvalue weighted by Crippen LogP contribution is 2.26. The smallest absolute Gasteiger partial charge is 0.347 e. The third-order valence-corrected chi connectivity index (χ3v) is 3.19. The van der Waals surface area contributed by atoms with Crippen LogP contribution in [0.25, 0.3) is 0 Å². The van der Waals surface area contributed by atoms with Gasteiger partial charge in [0.05, 0.1) is 23.7 Å². The molecule has 23 heavy (non-hydrogen) atoms. The molecule has 0 unspecified atom stereocenters. The summed E-state index contributed by atoms with van der Waals surface area (Å²) in [5.41, 5.74) is 0.00196. The van der Waals surface area contributed by atoms with Crippen molar-refractivity contribution in [1.82, 2.24) is 0 Å². The number of benzene rings is 1.